The average molecular weight is 138 g/mol. The van der Waals surface area contributed by atoms with E-state index in [1.54, 1.807) is 4.72 Å². The lowest BCUT2D eigenvalue weighted by Gasteiger charge is -1.91. The Morgan fingerprint density at radius 2 is 2.12 bits per heavy atom. The van der Waals surface area contributed by atoms with E-state index in [4.69, 9.17) is 0 Å². The molecule has 0 bridgehead atoms. The van der Waals surface area contributed by atoms with Gasteiger partial charge < -0.3 is 4.79 Å². The Balaban J connectivity index is 3.57. The molecule has 0 aromatic carbocycles. The van der Waals surface area contributed by atoms with Crippen molar-refractivity contribution >= 4 is 16.5 Å². The number of nitrogens with two attached hydrogens (primary N) is 1. The highest BCUT2D eigenvalue weighted by atomic mass is 32.2. The van der Waals surface area contributed by atoms with E-state index in [1.165, 1.54) is 0 Å². The van der Waals surface area contributed by atoms with E-state index in [9.17, 15) is 13.2 Å². The van der Waals surface area contributed by atoms with Crippen LogP contribution in [0.1, 0.15) is 0 Å². The molecule has 0 rings (SSSR count). The van der Waals surface area contributed by atoms with Crippen LogP contribution in [0.3, 0.4) is 0 Å². The highest BCUT2D eigenvalue weighted by Gasteiger charge is 1.95. The summed E-state index contributed by atoms with van der Waals surface area (Å²) in [6, 6.07) is 0. The third-order valence-electron chi connectivity index (χ3n) is 0.368. The van der Waals surface area contributed by atoms with Gasteiger partial charge >= 0.3 is 0 Å². The molecule has 0 radical (unpaired) electrons. The molecule has 0 aliphatic carbocycles. The Kier molecular flexibility index (Phi) is 2.59. The molecule has 0 saturated heterocycles. The molecule has 0 fully saturated rings. The zero-order valence-electron chi connectivity index (χ0n) is 3.99. The van der Waals surface area contributed by atoms with Gasteiger partial charge in [-0.1, -0.05) is 0 Å². The summed E-state index contributed by atoms with van der Waals surface area (Å²) in [7, 11) is -3.67. The SMILES string of the molecule is NS(=O)(=O)NCC=O. The number of hydrogen-bond donors (Lipinski definition) is 2. The van der Waals surface area contributed by atoms with Crippen LogP contribution >= 0.6 is 0 Å². The van der Waals surface area contributed by atoms with E-state index >= 15 is 0 Å². The fourth-order valence-corrected chi connectivity index (χ4v) is 0.451. The van der Waals surface area contributed by atoms with Crippen molar-refractivity contribution < 1.29 is 13.2 Å². The fraction of sp³-hybridized carbons (Fsp3) is 0.500. The van der Waals surface area contributed by atoms with Crippen LogP contribution < -0.4 is 9.86 Å². The van der Waals surface area contributed by atoms with Gasteiger partial charge in [-0.15, -0.1) is 0 Å². The molecule has 0 unspecified atom stereocenters. The van der Waals surface area contributed by atoms with Gasteiger partial charge in [0.05, 0.1) is 6.54 Å². The summed E-state index contributed by atoms with van der Waals surface area (Å²) in [6.07, 6.45) is 0.407. The molecule has 0 heterocycles. The first-order chi connectivity index (χ1) is 3.56. The molecule has 0 aromatic heterocycles. The molecule has 3 N–H and O–H groups in total. The molecule has 6 heteroatoms. The maximum absolute atomic E-state index is 9.90. The molecule has 0 atom stereocenters. The predicted octanol–water partition coefficient (Wildman–Crippen LogP) is -2.02. The Morgan fingerprint density at radius 3 is 2.25 bits per heavy atom. The van der Waals surface area contributed by atoms with Gasteiger partial charge in [-0.3, -0.25) is 0 Å². The zero-order chi connectivity index (χ0) is 6.62. The van der Waals surface area contributed by atoms with Crippen molar-refractivity contribution in [1.29, 1.82) is 0 Å². The second kappa shape index (κ2) is 2.75. The highest BCUT2D eigenvalue weighted by molar-refractivity contribution is 7.87. The summed E-state index contributed by atoms with van der Waals surface area (Å²) in [5, 5.41) is 4.42. The van der Waals surface area contributed by atoms with Crippen molar-refractivity contribution in [3.8, 4) is 0 Å². The molecule has 0 aromatic rings. The van der Waals surface area contributed by atoms with Gasteiger partial charge in [-0.05, 0) is 0 Å². The van der Waals surface area contributed by atoms with Crippen LogP contribution in [0.5, 0.6) is 0 Å². The van der Waals surface area contributed by atoms with Gasteiger partial charge in [0.2, 0.25) is 0 Å². The minimum Gasteiger partial charge on any atom is -0.302 e. The molecule has 48 valence electrons. The average Bonchev–Trinajstić information content (AvgIpc) is 1.59. The van der Waals surface area contributed by atoms with Gasteiger partial charge in [0.15, 0.2) is 0 Å². The second-order valence-electron chi connectivity index (χ2n) is 1.06. The molecular weight excluding hydrogens is 132 g/mol. The lowest BCUT2D eigenvalue weighted by molar-refractivity contribution is -0.106. The lowest BCUT2D eigenvalue weighted by atomic mass is 10.8. The van der Waals surface area contributed by atoms with Gasteiger partial charge in [-0.25, -0.2) is 5.14 Å². The molecule has 8 heavy (non-hydrogen) atoms. The molecule has 0 aliphatic heterocycles. The number of rotatable bonds is 3. The standard InChI is InChI=1S/C2H6N2O3S/c3-8(6,7)4-1-2-5/h2,4H,1H2,(H2,3,6,7). The molecular formula is C2H6N2O3S. The Labute approximate surface area is 47.1 Å². The summed E-state index contributed by atoms with van der Waals surface area (Å²) in [4.78, 5) is 9.47. The van der Waals surface area contributed by atoms with Gasteiger partial charge in [0.1, 0.15) is 6.29 Å². The summed E-state index contributed by atoms with van der Waals surface area (Å²) in [5.74, 6) is 0. The van der Waals surface area contributed by atoms with E-state index < -0.39 is 10.2 Å². The molecule has 5 nitrogen and oxygen atoms in total. The number of nitrogens with one attached hydrogen (secondary N) is 1. The van der Waals surface area contributed by atoms with Crippen molar-refractivity contribution in [3.63, 3.8) is 0 Å². The first-order valence-electron chi connectivity index (χ1n) is 1.77. The van der Waals surface area contributed by atoms with Crippen molar-refractivity contribution in [1.82, 2.24) is 4.72 Å². The molecule has 0 saturated carbocycles. The van der Waals surface area contributed by atoms with Gasteiger partial charge in [0, 0.05) is 0 Å². The minimum absolute atomic E-state index is 0.265. The van der Waals surface area contributed by atoms with E-state index in [1.807, 2.05) is 0 Å². The Bertz CT molecular complexity index is 160. The zero-order valence-corrected chi connectivity index (χ0v) is 4.81. The van der Waals surface area contributed by atoms with E-state index in [0.29, 0.717) is 6.29 Å². The second-order valence-corrected chi connectivity index (χ2v) is 2.44. The first kappa shape index (κ1) is 7.54. The first-order valence-corrected chi connectivity index (χ1v) is 3.32. The molecule has 0 aliphatic rings. The topological polar surface area (TPSA) is 89.3 Å². The van der Waals surface area contributed by atoms with E-state index in [-0.39, 0.29) is 6.54 Å². The largest absolute Gasteiger partial charge is 0.302 e. The van der Waals surface area contributed by atoms with Crippen LogP contribution in [-0.2, 0) is 15.0 Å². The predicted molar refractivity (Wildman–Crippen MR) is 27.2 cm³/mol. The van der Waals surface area contributed by atoms with Crippen molar-refractivity contribution in [2.45, 2.75) is 0 Å². The molecule has 0 amide bonds. The summed E-state index contributed by atoms with van der Waals surface area (Å²) < 4.78 is 21.5. The maximum Gasteiger partial charge on any atom is 0.274 e. The normalized spacial score (nSPS) is 11.1. The monoisotopic (exact) mass is 138 g/mol. The third kappa shape index (κ3) is 5.54. The summed E-state index contributed by atoms with van der Waals surface area (Å²) in [5.41, 5.74) is 0. The van der Waals surface area contributed by atoms with Crippen LogP contribution in [0.4, 0.5) is 0 Å². The lowest BCUT2D eigenvalue weighted by Crippen LogP contribution is -2.31. The minimum atomic E-state index is -3.67. The number of carbonyl (C=O) groups excluding carboxylic acids is 1. The van der Waals surface area contributed by atoms with Gasteiger partial charge in [-0.2, -0.15) is 13.1 Å². The quantitative estimate of drug-likeness (QED) is 0.441. The van der Waals surface area contributed by atoms with Crippen molar-refractivity contribution in [2.75, 3.05) is 6.54 Å². The van der Waals surface area contributed by atoms with E-state index in [2.05, 4.69) is 5.14 Å². The van der Waals surface area contributed by atoms with Crippen LogP contribution in [0.2, 0.25) is 0 Å². The summed E-state index contributed by atoms with van der Waals surface area (Å²) >= 11 is 0. The number of aldehydes is 1. The Morgan fingerprint density at radius 1 is 1.62 bits per heavy atom. The van der Waals surface area contributed by atoms with Crippen LogP contribution in [-0.4, -0.2) is 21.2 Å². The smallest absolute Gasteiger partial charge is 0.274 e. The van der Waals surface area contributed by atoms with Crippen LogP contribution in [0.25, 0.3) is 0 Å². The molecule has 0 spiro atoms. The number of hydrogen-bond acceptors (Lipinski definition) is 3. The van der Waals surface area contributed by atoms with Crippen molar-refractivity contribution in [2.24, 2.45) is 5.14 Å². The van der Waals surface area contributed by atoms with Crippen LogP contribution in [0.15, 0.2) is 0 Å². The Hall–Kier alpha value is -0.460. The number of carbonyl (C=O) groups is 1. The third-order valence-corrected chi connectivity index (χ3v) is 0.937. The fourth-order valence-electron chi connectivity index (χ4n) is 0.150. The van der Waals surface area contributed by atoms with E-state index in [0.717, 1.165) is 0 Å². The highest BCUT2D eigenvalue weighted by Crippen LogP contribution is 1.60. The van der Waals surface area contributed by atoms with Gasteiger partial charge in [0.25, 0.3) is 10.2 Å². The summed E-state index contributed by atoms with van der Waals surface area (Å²) in [6.45, 7) is -0.265. The van der Waals surface area contributed by atoms with Crippen molar-refractivity contribution in [3.05, 3.63) is 0 Å². The van der Waals surface area contributed by atoms with Crippen LogP contribution in [0, 0.1) is 0 Å². The maximum atomic E-state index is 9.90.